The lowest BCUT2D eigenvalue weighted by molar-refractivity contribution is -0.0916. The summed E-state index contributed by atoms with van der Waals surface area (Å²) in [5.41, 5.74) is -0.370. The lowest BCUT2D eigenvalue weighted by Crippen LogP contribution is -2.09. The van der Waals surface area contributed by atoms with Crippen molar-refractivity contribution in [3.05, 3.63) is 11.6 Å². The highest BCUT2D eigenvalue weighted by Crippen LogP contribution is 2.53. The Hall–Kier alpha value is -0.470. The van der Waals surface area contributed by atoms with Crippen LogP contribution in [0.15, 0.2) is 11.6 Å². The Kier molecular flexibility index (Phi) is 2.01. The van der Waals surface area contributed by atoms with Gasteiger partial charge in [-0.2, -0.15) is 13.2 Å². The molecule has 1 aliphatic carbocycles. The van der Waals surface area contributed by atoms with Crippen LogP contribution in [0.3, 0.4) is 0 Å². The minimum Gasteiger partial charge on any atom is -0.167 e. The molecule has 0 aromatic carbocycles. The third-order valence-corrected chi connectivity index (χ3v) is 2.49. The molecule has 70 valence electrons. The van der Waals surface area contributed by atoms with E-state index >= 15 is 0 Å². The van der Waals surface area contributed by atoms with Crippen LogP contribution in [-0.4, -0.2) is 6.18 Å². The number of halogens is 3. The quantitative estimate of drug-likeness (QED) is 0.539. The molecule has 0 heterocycles. The van der Waals surface area contributed by atoms with Crippen molar-refractivity contribution in [2.24, 2.45) is 11.3 Å². The largest absolute Gasteiger partial charge is 0.412 e. The average molecular weight is 178 g/mol. The van der Waals surface area contributed by atoms with Gasteiger partial charge in [0.15, 0.2) is 0 Å². The summed E-state index contributed by atoms with van der Waals surface area (Å²) in [7, 11) is 0. The smallest absolute Gasteiger partial charge is 0.167 e. The van der Waals surface area contributed by atoms with Gasteiger partial charge in [-0.1, -0.05) is 19.9 Å². The molecule has 0 bridgehead atoms. The van der Waals surface area contributed by atoms with E-state index in [0.717, 1.165) is 13.3 Å². The fraction of sp³-hybridized carbons (Fsp3) is 0.778. The molecular formula is C9H13F3. The summed E-state index contributed by atoms with van der Waals surface area (Å²) in [4.78, 5) is 0. The topological polar surface area (TPSA) is 0 Å². The van der Waals surface area contributed by atoms with Gasteiger partial charge in [-0.3, -0.25) is 0 Å². The maximum Gasteiger partial charge on any atom is 0.412 e. The molecule has 0 N–H and O–H groups in total. The van der Waals surface area contributed by atoms with Crippen LogP contribution >= 0.6 is 0 Å². The molecule has 0 aromatic heterocycles. The van der Waals surface area contributed by atoms with Gasteiger partial charge in [-0.25, -0.2) is 0 Å². The first kappa shape index (κ1) is 9.62. The summed E-state index contributed by atoms with van der Waals surface area (Å²) in [6.07, 6.45) is -1.92. The Labute approximate surface area is 70.5 Å². The predicted molar refractivity (Wildman–Crippen MR) is 41.7 cm³/mol. The molecule has 0 radical (unpaired) electrons. The van der Waals surface area contributed by atoms with Gasteiger partial charge in [0.2, 0.25) is 0 Å². The summed E-state index contributed by atoms with van der Waals surface area (Å²) < 4.78 is 36.1. The summed E-state index contributed by atoms with van der Waals surface area (Å²) >= 11 is 0. The zero-order valence-electron chi connectivity index (χ0n) is 7.50. The molecule has 1 aliphatic rings. The van der Waals surface area contributed by atoms with Gasteiger partial charge in [0.25, 0.3) is 0 Å². The van der Waals surface area contributed by atoms with Crippen LogP contribution in [0.25, 0.3) is 0 Å². The number of rotatable bonds is 1. The number of hydrogen-bond acceptors (Lipinski definition) is 0. The van der Waals surface area contributed by atoms with Gasteiger partial charge in [0.05, 0.1) is 0 Å². The molecule has 0 saturated heterocycles. The standard InChI is InChI=1S/C9H13F3/c1-6(9(10,11)12)4-7-5-8(7,2)3/h4,7H,5H2,1-3H3/b6-4-/t7-/m1/s1. The van der Waals surface area contributed by atoms with E-state index in [1.54, 1.807) is 0 Å². The van der Waals surface area contributed by atoms with Crippen LogP contribution < -0.4 is 0 Å². The van der Waals surface area contributed by atoms with E-state index in [1.165, 1.54) is 6.08 Å². The Balaban J connectivity index is 2.60. The first-order valence-electron chi connectivity index (χ1n) is 3.99. The van der Waals surface area contributed by atoms with Crippen molar-refractivity contribution in [2.75, 3.05) is 0 Å². The van der Waals surface area contributed by atoms with Crippen molar-refractivity contribution in [3.63, 3.8) is 0 Å². The lowest BCUT2D eigenvalue weighted by Gasteiger charge is -2.06. The van der Waals surface area contributed by atoms with Crippen molar-refractivity contribution in [1.82, 2.24) is 0 Å². The Bertz CT molecular complexity index is 210. The minimum absolute atomic E-state index is 0.0898. The molecule has 1 atom stereocenters. The van der Waals surface area contributed by atoms with E-state index in [9.17, 15) is 13.2 Å². The first-order chi connectivity index (χ1) is 5.23. The van der Waals surface area contributed by atoms with Crippen molar-refractivity contribution < 1.29 is 13.2 Å². The fourth-order valence-electron chi connectivity index (χ4n) is 1.19. The third kappa shape index (κ3) is 2.02. The monoisotopic (exact) mass is 178 g/mol. The maximum absolute atomic E-state index is 12.0. The van der Waals surface area contributed by atoms with Crippen LogP contribution in [0.2, 0.25) is 0 Å². The summed E-state index contributed by atoms with van der Waals surface area (Å²) in [6.45, 7) is 5.10. The molecule has 1 fully saturated rings. The third-order valence-electron chi connectivity index (χ3n) is 2.49. The Morgan fingerprint density at radius 1 is 1.42 bits per heavy atom. The first-order valence-corrected chi connectivity index (χ1v) is 3.99. The van der Waals surface area contributed by atoms with Crippen LogP contribution in [0, 0.1) is 11.3 Å². The maximum atomic E-state index is 12.0. The normalized spacial score (nSPS) is 28.8. The Morgan fingerprint density at radius 2 is 1.83 bits per heavy atom. The molecule has 0 nitrogen and oxygen atoms in total. The van der Waals surface area contributed by atoms with E-state index in [4.69, 9.17) is 0 Å². The molecule has 0 aliphatic heterocycles. The second kappa shape index (κ2) is 2.51. The predicted octanol–water partition coefficient (Wildman–Crippen LogP) is 3.54. The zero-order valence-corrected chi connectivity index (χ0v) is 7.50. The fourth-order valence-corrected chi connectivity index (χ4v) is 1.19. The van der Waals surface area contributed by atoms with Crippen molar-refractivity contribution >= 4 is 0 Å². The molecular weight excluding hydrogens is 165 g/mol. The lowest BCUT2D eigenvalue weighted by atomic mass is 10.1. The van der Waals surface area contributed by atoms with Gasteiger partial charge < -0.3 is 0 Å². The van der Waals surface area contributed by atoms with Gasteiger partial charge in [-0.05, 0) is 24.7 Å². The van der Waals surface area contributed by atoms with E-state index in [1.807, 2.05) is 13.8 Å². The summed E-state index contributed by atoms with van der Waals surface area (Å²) in [6, 6.07) is 0. The Morgan fingerprint density at radius 3 is 2.08 bits per heavy atom. The highest BCUT2D eigenvalue weighted by atomic mass is 19.4. The SMILES string of the molecule is C/C(=C/[C@@H]1CC1(C)C)C(F)(F)F. The second-order valence-electron chi connectivity index (χ2n) is 4.15. The second-order valence-corrected chi connectivity index (χ2v) is 4.15. The highest BCUT2D eigenvalue weighted by molar-refractivity contribution is 5.15. The van der Waals surface area contributed by atoms with Crippen molar-refractivity contribution in [1.29, 1.82) is 0 Å². The highest BCUT2D eigenvalue weighted by Gasteiger charge is 2.45. The number of alkyl halides is 3. The number of hydrogen-bond donors (Lipinski definition) is 0. The molecule has 0 aromatic rings. The van der Waals surface area contributed by atoms with Crippen LogP contribution in [0.4, 0.5) is 13.2 Å². The van der Waals surface area contributed by atoms with Gasteiger partial charge >= 0.3 is 6.18 Å². The van der Waals surface area contributed by atoms with E-state index in [-0.39, 0.29) is 11.3 Å². The van der Waals surface area contributed by atoms with E-state index < -0.39 is 11.7 Å². The van der Waals surface area contributed by atoms with Crippen LogP contribution in [0.1, 0.15) is 27.2 Å². The van der Waals surface area contributed by atoms with Gasteiger partial charge in [-0.15, -0.1) is 0 Å². The molecule has 0 spiro atoms. The average Bonchev–Trinajstić information content (AvgIpc) is 2.36. The molecule has 12 heavy (non-hydrogen) atoms. The van der Waals surface area contributed by atoms with Crippen molar-refractivity contribution in [3.8, 4) is 0 Å². The minimum atomic E-state index is -4.14. The molecule has 0 amide bonds. The molecule has 1 saturated carbocycles. The number of allylic oxidation sites excluding steroid dienone is 2. The summed E-state index contributed by atoms with van der Waals surface area (Å²) in [5.74, 6) is 0.124. The van der Waals surface area contributed by atoms with Gasteiger partial charge in [0, 0.05) is 5.57 Å². The van der Waals surface area contributed by atoms with E-state index in [0.29, 0.717) is 0 Å². The van der Waals surface area contributed by atoms with E-state index in [2.05, 4.69) is 0 Å². The van der Waals surface area contributed by atoms with Gasteiger partial charge in [0.1, 0.15) is 0 Å². The molecule has 3 heteroatoms. The van der Waals surface area contributed by atoms with Crippen LogP contribution in [0.5, 0.6) is 0 Å². The van der Waals surface area contributed by atoms with Crippen molar-refractivity contribution in [2.45, 2.75) is 33.4 Å². The molecule has 1 rings (SSSR count). The van der Waals surface area contributed by atoms with Crippen LogP contribution in [-0.2, 0) is 0 Å². The molecule has 0 unspecified atom stereocenters. The summed E-state index contributed by atoms with van der Waals surface area (Å²) in [5, 5.41) is 0. The zero-order chi connectivity index (χ0) is 9.57.